The van der Waals surface area contributed by atoms with E-state index in [1.165, 1.54) is 5.56 Å². The molecule has 0 bridgehead atoms. The van der Waals surface area contributed by atoms with E-state index < -0.39 is 6.04 Å². The van der Waals surface area contributed by atoms with Gasteiger partial charge in [-0.25, -0.2) is 4.98 Å². The van der Waals surface area contributed by atoms with Crippen molar-refractivity contribution in [3.8, 4) is 0 Å². The SMILES string of the molecule is CCCCCNC(=O)[C@@H](N)Cc1cn(Cc2ccccc2)cn1.Cl.Cl. The minimum atomic E-state index is -0.545. The molecule has 1 heterocycles. The lowest BCUT2D eigenvalue weighted by molar-refractivity contribution is -0.122. The van der Waals surface area contributed by atoms with Crippen molar-refractivity contribution in [1.29, 1.82) is 0 Å². The molecular weight excluding hydrogens is 359 g/mol. The summed E-state index contributed by atoms with van der Waals surface area (Å²) >= 11 is 0. The fourth-order valence-corrected chi connectivity index (χ4v) is 2.43. The fraction of sp³-hybridized carbons (Fsp3) is 0.444. The molecule has 0 aliphatic carbocycles. The highest BCUT2D eigenvalue weighted by atomic mass is 35.5. The summed E-state index contributed by atoms with van der Waals surface area (Å²) in [5, 5.41) is 2.89. The zero-order valence-electron chi connectivity index (χ0n) is 14.6. The van der Waals surface area contributed by atoms with E-state index in [9.17, 15) is 4.79 Å². The molecule has 1 atom stereocenters. The Bertz CT molecular complexity index is 604. The number of nitrogens with two attached hydrogens (primary N) is 1. The van der Waals surface area contributed by atoms with Gasteiger partial charge in [-0.1, -0.05) is 50.1 Å². The minimum Gasteiger partial charge on any atom is -0.355 e. The first-order valence-corrected chi connectivity index (χ1v) is 8.27. The molecule has 5 nitrogen and oxygen atoms in total. The van der Waals surface area contributed by atoms with Crippen LogP contribution in [0, 0.1) is 0 Å². The van der Waals surface area contributed by atoms with Crippen molar-refractivity contribution in [2.75, 3.05) is 6.54 Å². The molecule has 3 N–H and O–H groups in total. The van der Waals surface area contributed by atoms with Crippen LogP contribution in [0.5, 0.6) is 0 Å². The Morgan fingerprint density at radius 3 is 2.64 bits per heavy atom. The number of carbonyl (C=O) groups excluding carboxylic acids is 1. The lowest BCUT2D eigenvalue weighted by atomic mass is 10.1. The van der Waals surface area contributed by atoms with Crippen molar-refractivity contribution in [3.63, 3.8) is 0 Å². The molecule has 140 valence electrons. The largest absolute Gasteiger partial charge is 0.355 e. The average molecular weight is 387 g/mol. The molecule has 2 aromatic rings. The summed E-state index contributed by atoms with van der Waals surface area (Å²) in [6.07, 6.45) is 7.47. The van der Waals surface area contributed by atoms with Crippen LogP contribution in [0.15, 0.2) is 42.9 Å². The highest BCUT2D eigenvalue weighted by Crippen LogP contribution is 2.05. The van der Waals surface area contributed by atoms with E-state index in [2.05, 4.69) is 29.4 Å². The van der Waals surface area contributed by atoms with E-state index in [1.807, 2.05) is 29.0 Å². The Balaban J connectivity index is 0.00000288. The van der Waals surface area contributed by atoms with Gasteiger partial charge in [0.15, 0.2) is 0 Å². The van der Waals surface area contributed by atoms with Gasteiger partial charge in [0.05, 0.1) is 18.1 Å². The maximum atomic E-state index is 11.9. The number of amides is 1. The number of hydrogen-bond donors (Lipinski definition) is 2. The molecule has 0 radical (unpaired) electrons. The van der Waals surface area contributed by atoms with Crippen LogP contribution in [-0.4, -0.2) is 28.0 Å². The van der Waals surface area contributed by atoms with E-state index in [4.69, 9.17) is 5.73 Å². The van der Waals surface area contributed by atoms with Gasteiger partial charge in [-0.3, -0.25) is 4.79 Å². The van der Waals surface area contributed by atoms with E-state index in [0.29, 0.717) is 13.0 Å². The van der Waals surface area contributed by atoms with Gasteiger partial charge in [0.1, 0.15) is 0 Å². The molecule has 2 rings (SSSR count). The van der Waals surface area contributed by atoms with Crippen LogP contribution in [0.3, 0.4) is 0 Å². The van der Waals surface area contributed by atoms with Gasteiger partial charge in [0.25, 0.3) is 0 Å². The standard InChI is InChI=1S/C18H26N4O.2ClH/c1-2-3-7-10-20-18(23)17(19)11-16-13-22(14-21-16)12-15-8-5-4-6-9-15;;/h4-6,8-9,13-14,17H,2-3,7,10-12,19H2,1H3,(H,20,23);2*1H/t17-;;/m0../s1. The maximum Gasteiger partial charge on any atom is 0.237 e. The zero-order chi connectivity index (χ0) is 16.5. The molecule has 1 amide bonds. The number of aromatic nitrogens is 2. The average Bonchev–Trinajstić information content (AvgIpc) is 2.99. The number of nitrogens with one attached hydrogen (secondary N) is 1. The van der Waals surface area contributed by atoms with Crippen molar-refractivity contribution < 1.29 is 4.79 Å². The van der Waals surface area contributed by atoms with Crippen molar-refractivity contribution in [2.24, 2.45) is 5.73 Å². The van der Waals surface area contributed by atoms with Gasteiger partial charge < -0.3 is 15.6 Å². The summed E-state index contributed by atoms with van der Waals surface area (Å²) in [7, 11) is 0. The van der Waals surface area contributed by atoms with E-state index in [-0.39, 0.29) is 30.7 Å². The summed E-state index contributed by atoms with van der Waals surface area (Å²) in [5.41, 5.74) is 8.03. The van der Waals surface area contributed by atoms with Gasteiger partial charge in [-0.05, 0) is 12.0 Å². The zero-order valence-corrected chi connectivity index (χ0v) is 16.2. The van der Waals surface area contributed by atoms with Crippen LogP contribution in [0.2, 0.25) is 0 Å². The molecule has 25 heavy (non-hydrogen) atoms. The lowest BCUT2D eigenvalue weighted by Gasteiger charge is -2.10. The molecule has 0 spiro atoms. The van der Waals surface area contributed by atoms with E-state index in [1.54, 1.807) is 6.33 Å². The first-order chi connectivity index (χ1) is 11.2. The second kappa shape index (κ2) is 12.8. The third-order valence-corrected chi connectivity index (χ3v) is 3.74. The number of hydrogen-bond acceptors (Lipinski definition) is 3. The third-order valence-electron chi connectivity index (χ3n) is 3.74. The molecular formula is C18H28Cl2N4O. The van der Waals surface area contributed by atoms with Crippen LogP contribution < -0.4 is 11.1 Å². The molecule has 1 aromatic carbocycles. The Kier molecular flexibility index (Phi) is 12.0. The van der Waals surface area contributed by atoms with E-state index >= 15 is 0 Å². The Morgan fingerprint density at radius 1 is 1.24 bits per heavy atom. The van der Waals surface area contributed by atoms with Gasteiger partial charge in [-0.15, -0.1) is 24.8 Å². The predicted octanol–water partition coefficient (Wildman–Crippen LogP) is 2.95. The van der Waals surface area contributed by atoms with Crippen LogP contribution in [0.4, 0.5) is 0 Å². The number of rotatable bonds is 9. The molecule has 1 aromatic heterocycles. The van der Waals surface area contributed by atoms with Gasteiger partial charge in [-0.2, -0.15) is 0 Å². The van der Waals surface area contributed by atoms with Crippen LogP contribution in [0.1, 0.15) is 37.4 Å². The number of unbranched alkanes of at least 4 members (excludes halogenated alkanes) is 2. The predicted molar refractivity (Wildman–Crippen MR) is 106 cm³/mol. The van der Waals surface area contributed by atoms with Gasteiger partial charge >= 0.3 is 0 Å². The van der Waals surface area contributed by atoms with Crippen molar-refractivity contribution in [2.45, 2.75) is 45.2 Å². The second-order valence-corrected chi connectivity index (χ2v) is 5.83. The third kappa shape index (κ3) is 8.38. The number of benzene rings is 1. The number of nitrogens with zero attached hydrogens (tertiary/aromatic N) is 2. The smallest absolute Gasteiger partial charge is 0.237 e. The summed E-state index contributed by atoms with van der Waals surface area (Å²) in [6.45, 7) is 3.61. The lowest BCUT2D eigenvalue weighted by Crippen LogP contribution is -2.42. The highest BCUT2D eigenvalue weighted by Gasteiger charge is 2.14. The summed E-state index contributed by atoms with van der Waals surface area (Å²) < 4.78 is 2.01. The fourth-order valence-electron chi connectivity index (χ4n) is 2.43. The summed E-state index contributed by atoms with van der Waals surface area (Å²) in [6, 6.07) is 9.65. The first kappa shape index (κ1) is 23.4. The number of carbonyl (C=O) groups is 1. The molecule has 0 saturated heterocycles. The maximum absolute atomic E-state index is 11.9. The summed E-state index contributed by atoms with van der Waals surface area (Å²) in [5.74, 6) is -0.0984. The quantitative estimate of drug-likeness (QED) is 0.650. The van der Waals surface area contributed by atoms with Crippen molar-refractivity contribution in [1.82, 2.24) is 14.9 Å². The molecule has 0 aliphatic rings. The van der Waals surface area contributed by atoms with Crippen LogP contribution >= 0.6 is 24.8 Å². The monoisotopic (exact) mass is 386 g/mol. The minimum absolute atomic E-state index is 0. The Hall–Kier alpha value is -1.56. The molecule has 7 heteroatoms. The number of halogens is 2. The van der Waals surface area contributed by atoms with Crippen LogP contribution in [-0.2, 0) is 17.8 Å². The highest BCUT2D eigenvalue weighted by molar-refractivity contribution is 5.85. The van der Waals surface area contributed by atoms with E-state index in [0.717, 1.165) is 31.5 Å². The Labute approximate surface area is 162 Å². The molecule has 0 saturated carbocycles. The Morgan fingerprint density at radius 2 is 1.96 bits per heavy atom. The molecule has 0 fully saturated rings. The van der Waals surface area contributed by atoms with Gasteiger partial charge in [0, 0.05) is 25.7 Å². The normalized spacial score (nSPS) is 11.1. The second-order valence-electron chi connectivity index (χ2n) is 5.83. The first-order valence-electron chi connectivity index (χ1n) is 8.27. The van der Waals surface area contributed by atoms with Gasteiger partial charge in [0.2, 0.25) is 5.91 Å². The van der Waals surface area contributed by atoms with Crippen molar-refractivity contribution in [3.05, 3.63) is 54.1 Å². The van der Waals surface area contributed by atoms with Crippen molar-refractivity contribution >= 4 is 30.7 Å². The molecule has 0 aliphatic heterocycles. The van der Waals surface area contributed by atoms with Crippen LogP contribution in [0.25, 0.3) is 0 Å². The number of imidazole rings is 1. The topological polar surface area (TPSA) is 72.9 Å². The molecule has 0 unspecified atom stereocenters. The summed E-state index contributed by atoms with van der Waals surface area (Å²) in [4.78, 5) is 16.3.